The molecule has 2 heteroatoms. The van der Waals surface area contributed by atoms with Crippen molar-refractivity contribution in [2.24, 2.45) is 5.92 Å². The summed E-state index contributed by atoms with van der Waals surface area (Å²) in [5, 5.41) is 2.29. The maximum Gasteiger partial charge on any atom is 0.0172 e. The minimum Gasteiger partial charge on any atom is -0.255 e. The number of rotatable bonds is 0. The molecule has 1 N–H and O–H groups in total. The average molecular weight is 98.1 g/mol. The van der Waals surface area contributed by atoms with E-state index in [2.05, 4.69) is 10.4 Å². The lowest BCUT2D eigenvalue weighted by Crippen LogP contribution is -2.59. The molecule has 0 spiro atoms. The Hall–Kier alpha value is -0.0800. The van der Waals surface area contributed by atoms with Crippen LogP contribution in [0, 0.1) is 5.92 Å². The summed E-state index contributed by atoms with van der Waals surface area (Å²) in [6.45, 7) is 3.82. The standard InChI is InChI=1S/C5H10N2/c1-2-6-7-3-5(1)4-7/h5-6H,1-4H2. The van der Waals surface area contributed by atoms with Crippen LogP contribution < -0.4 is 5.43 Å². The molecule has 3 saturated heterocycles. The molecule has 0 aromatic heterocycles. The van der Waals surface area contributed by atoms with Crippen LogP contribution in [0.4, 0.5) is 0 Å². The molecule has 0 saturated carbocycles. The molecule has 0 radical (unpaired) electrons. The molecule has 3 rings (SSSR count). The summed E-state index contributed by atoms with van der Waals surface area (Å²) >= 11 is 0. The van der Waals surface area contributed by atoms with Crippen LogP contribution in [0.3, 0.4) is 0 Å². The molecule has 0 amide bonds. The molecule has 0 aromatic carbocycles. The first kappa shape index (κ1) is 3.87. The van der Waals surface area contributed by atoms with Crippen molar-refractivity contribution in [3.8, 4) is 0 Å². The number of hydrogen-bond donors (Lipinski definition) is 1. The molecule has 0 unspecified atom stereocenters. The van der Waals surface area contributed by atoms with Crippen LogP contribution in [0.15, 0.2) is 0 Å². The third kappa shape index (κ3) is 0.469. The Morgan fingerprint density at radius 1 is 1.43 bits per heavy atom. The fourth-order valence-corrected chi connectivity index (χ4v) is 1.31. The van der Waals surface area contributed by atoms with Gasteiger partial charge in [-0.15, -0.1) is 0 Å². The van der Waals surface area contributed by atoms with Crippen molar-refractivity contribution in [2.45, 2.75) is 6.42 Å². The van der Waals surface area contributed by atoms with E-state index in [4.69, 9.17) is 0 Å². The van der Waals surface area contributed by atoms with Gasteiger partial charge in [-0.2, -0.15) is 0 Å². The van der Waals surface area contributed by atoms with Crippen molar-refractivity contribution in [1.82, 2.24) is 10.4 Å². The summed E-state index contributed by atoms with van der Waals surface area (Å²) in [6, 6.07) is 0. The van der Waals surface area contributed by atoms with E-state index in [0.717, 1.165) is 5.92 Å². The fourth-order valence-electron chi connectivity index (χ4n) is 1.31. The molecule has 2 nitrogen and oxygen atoms in total. The van der Waals surface area contributed by atoms with Gasteiger partial charge >= 0.3 is 0 Å². The zero-order valence-corrected chi connectivity index (χ0v) is 4.35. The Bertz CT molecular complexity index is 62.6. The monoisotopic (exact) mass is 98.1 g/mol. The van der Waals surface area contributed by atoms with Gasteiger partial charge in [-0.3, -0.25) is 5.43 Å². The highest BCUT2D eigenvalue weighted by Crippen LogP contribution is 2.19. The average Bonchev–Trinajstić information content (AvgIpc) is 1.67. The van der Waals surface area contributed by atoms with Gasteiger partial charge in [-0.05, 0) is 12.3 Å². The molecule has 3 aliphatic heterocycles. The van der Waals surface area contributed by atoms with Gasteiger partial charge in [0.25, 0.3) is 0 Å². The maximum absolute atomic E-state index is 3.28. The third-order valence-electron chi connectivity index (χ3n) is 1.85. The van der Waals surface area contributed by atoms with Crippen LogP contribution in [0.25, 0.3) is 0 Å². The minimum absolute atomic E-state index is 1.04. The molecule has 7 heavy (non-hydrogen) atoms. The highest BCUT2D eigenvalue weighted by molar-refractivity contribution is 4.81. The largest absolute Gasteiger partial charge is 0.255 e. The summed E-state index contributed by atoms with van der Waals surface area (Å²) < 4.78 is 0. The predicted octanol–water partition coefficient (Wildman–Crippen LogP) is -0.173. The molecule has 0 aliphatic carbocycles. The Morgan fingerprint density at radius 3 is 2.43 bits per heavy atom. The first-order chi connectivity index (χ1) is 3.45. The number of hydrogen-bond acceptors (Lipinski definition) is 2. The molecular weight excluding hydrogens is 88.1 g/mol. The van der Waals surface area contributed by atoms with E-state index in [1.54, 1.807) is 0 Å². The highest BCUT2D eigenvalue weighted by atomic mass is 15.5. The zero-order chi connectivity index (χ0) is 4.69. The van der Waals surface area contributed by atoms with Gasteiger partial charge < -0.3 is 0 Å². The van der Waals surface area contributed by atoms with Crippen LogP contribution in [-0.2, 0) is 0 Å². The normalized spacial score (nSPS) is 48.0. The summed E-state index contributed by atoms with van der Waals surface area (Å²) in [5.41, 5.74) is 3.28. The van der Waals surface area contributed by atoms with Crippen molar-refractivity contribution >= 4 is 0 Å². The van der Waals surface area contributed by atoms with Crippen molar-refractivity contribution in [1.29, 1.82) is 0 Å². The second-order valence-corrected chi connectivity index (χ2v) is 2.47. The van der Waals surface area contributed by atoms with Crippen molar-refractivity contribution in [3.05, 3.63) is 0 Å². The number of nitrogens with one attached hydrogen (secondary N) is 1. The predicted molar refractivity (Wildman–Crippen MR) is 27.7 cm³/mol. The van der Waals surface area contributed by atoms with Crippen molar-refractivity contribution in [3.63, 3.8) is 0 Å². The number of nitrogens with zero attached hydrogens (tertiary/aromatic N) is 1. The Morgan fingerprint density at radius 2 is 2.29 bits per heavy atom. The van der Waals surface area contributed by atoms with Crippen LogP contribution in [0.1, 0.15) is 6.42 Å². The Kier molecular flexibility index (Phi) is 0.664. The van der Waals surface area contributed by atoms with E-state index in [9.17, 15) is 0 Å². The third-order valence-corrected chi connectivity index (χ3v) is 1.85. The second kappa shape index (κ2) is 1.20. The van der Waals surface area contributed by atoms with E-state index in [-0.39, 0.29) is 0 Å². The van der Waals surface area contributed by atoms with E-state index < -0.39 is 0 Å². The Balaban J connectivity index is 1.99. The topological polar surface area (TPSA) is 15.3 Å². The summed E-state index contributed by atoms with van der Waals surface area (Å²) in [7, 11) is 0. The van der Waals surface area contributed by atoms with Gasteiger partial charge in [-0.25, -0.2) is 5.01 Å². The molecular formula is C5H10N2. The molecule has 40 valence electrons. The lowest BCUT2D eigenvalue weighted by molar-refractivity contribution is -0.00359. The lowest BCUT2D eigenvalue weighted by Gasteiger charge is -2.44. The van der Waals surface area contributed by atoms with Gasteiger partial charge in [0.05, 0.1) is 0 Å². The highest BCUT2D eigenvalue weighted by Gasteiger charge is 2.29. The van der Waals surface area contributed by atoms with Gasteiger partial charge in [0.15, 0.2) is 0 Å². The molecule has 3 fully saturated rings. The van der Waals surface area contributed by atoms with E-state index in [0.29, 0.717) is 0 Å². The van der Waals surface area contributed by atoms with Crippen LogP contribution in [0.2, 0.25) is 0 Å². The van der Waals surface area contributed by atoms with Gasteiger partial charge in [0, 0.05) is 19.6 Å². The summed E-state index contributed by atoms with van der Waals surface area (Å²) in [4.78, 5) is 0. The first-order valence-electron chi connectivity index (χ1n) is 2.93. The minimum atomic E-state index is 1.04. The van der Waals surface area contributed by atoms with Gasteiger partial charge in [0.1, 0.15) is 0 Å². The smallest absolute Gasteiger partial charge is 0.0172 e. The van der Waals surface area contributed by atoms with Crippen LogP contribution in [0.5, 0.6) is 0 Å². The van der Waals surface area contributed by atoms with Gasteiger partial charge in [-0.1, -0.05) is 0 Å². The quantitative estimate of drug-likeness (QED) is 0.452. The fraction of sp³-hybridized carbons (Fsp3) is 1.00. The van der Waals surface area contributed by atoms with E-state index in [1.165, 1.54) is 26.1 Å². The molecule has 0 atom stereocenters. The summed E-state index contributed by atoms with van der Waals surface area (Å²) in [5.74, 6) is 1.04. The van der Waals surface area contributed by atoms with E-state index in [1.807, 2.05) is 0 Å². The van der Waals surface area contributed by atoms with Crippen molar-refractivity contribution in [2.75, 3.05) is 19.6 Å². The van der Waals surface area contributed by atoms with Crippen LogP contribution >= 0.6 is 0 Å². The Labute approximate surface area is 43.5 Å². The second-order valence-electron chi connectivity index (χ2n) is 2.47. The number of fused-ring (bicyclic) bond motifs is 2. The molecule has 3 aliphatic rings. The lowest BCUT2D eigenvalue weighted by atomic mass is 9.96. The molecule has 3 heterocycles. The number of hydrazine groups is 1. The maximum atomic E-state index is 3.28. The van der Waals surface area contributed by atoms with E-state index >= 15 is 0 Å². The van der Waals surface area contributed by atoms with Crippen molar-refractivity contribution < 1.29 is 0 Å². The van der Waals surface area contributed by atoms with Gasteiger partial charge in [0.2, 0.25) is 0 Å². The molecule has 2 bridgehead atoms. The molecule has 0 aromatic rings. The SMILES string of the molecule is C1CC2CN(C2)N1. The first-order valence-corrected chi connectivity index (χ1v) is 2.93. The van der Waals surface area contributed by atoms with Crippen LogP contribution in [-0.4, -0.2) is 24.6 Å². The zero-order valence-electron chi connectivity index (χ0n) is 4.35. The summed E-state index contributed by atoms with van der Waals surface area (Å²) in [6.07, 6.45) is 1.40.